The van der Waals surface area contributed by atoms with E-state index in [0.717, 1.165) is 48.4 Å². The molecule has 0 aliphatic rings. The van der Waals surface area contributed by atoms with Crippen molar-refractivity contribution in [3.05, 3.63) is 52.8 Å². The maximum absolute atomic E-state index is 12.6. The number of ether oxygens (including phenoxy) is 1. The molecule has 0 fully saturated rings. The van der Waals surface area contributed by atoms with Crippen LogP contribution in [-0.2, 0) is 19.9 Å². The average molecular weight is 387 g/mol. The van der Waals surface area contributed by atoms with Crippen LogP contribution in [0, 0.1) is 6.92 Å². The van der Waals surface area contributed by atoms with Gasteiger partial charge in [-0.15, -0.1) is 0 Å². The SMILES string of the molecule is COc1cc(CCCCC(=O)c2ccc(CCC(C)(N)CO)n2C)ccc1C. The lowest BCUT2D eigenvalue weighted by atomic mass is 9.97. The number of unbranched alkanes of at least 4 members (excludes halogenated alkanes) is 1. The van der Waals surface area contributed by atoms with E-state index in [2.05, 4.69) is 18.2 Å². The molecule has 2 aromatic rings. The van der Waals surface area contributed by atoms with Gasteiger partial charge in [0.25, 0.3) is 0 Å². The van der Waals surface area contributed by atoms with Gasteiger partial charge in [-0.1, -0.05) is 12.1 Å². The first-order chi connectivity index (χ1) is 13.3. The van der Waals surface area contributed by atoms with Crippen molar-refractivity contribution in [3.8, 4) is 5.75 Å². The number of aliphatic hydroxyl groups is 1. The van der Waals surface area contributed by atoms with Gasteiger partial charge in [-0.3, -0.25) is 4.79 Å². The van der Waals surface area contributed by atoms with Crippen molar-refractivity contribution in [1.82, 2.24) is 4.57 Å². The average Bonchev–Trinajstić information content (AvgIpc) is 3.05. The number of hydrogen-bond acceptors (Lipinski definition) is 4. The third kappa shape index (κ3) is 5.94. The molecule has 0 radical (unpaired) electrons. The molecule has 28 heavy (non-hydrogen) atoms. The number of carbonyl (C=O) groups is 1. The van der Waals surface area contributed by atoms with Crippen molar-refractivity contribution in [3.63, 3.8) is 0 Å². The molecule has 0 spiro atoms. The fraction of sp³-hybridized carbons (Fsp3) is 0.522. The van der Waals surface area contributed by atoms with Crippen LogP contribution in [-0.4, -0.2) is 34.7 Å². The highest BCUT2D eigenvalue weighted by molar-refractivity contribution is 5.94. The summed E-state index contributed by atoms with van der Waals surface area (Å²) in [7, 11) is 3.62. The van der Waals surface area contributed by atoms with Crippen LogP contribution in [0.5, 0.6) is 5.75 Å². The number of ketones is 1. The highest BCUT2D eigenvalue weighted by atomic mass is 16.5. The molecule has 0 aliphatic heterocycles. The number of aromatic nitrogens is 1. The summed E-state index contributed by atoms with van der Waals surface area (Å²) in [6.45, 7) is 3.83. The molecule has 2 rings (SSSR count). The minimum absolute atomic E-state index is 0.0456. The number of Topliss-reactive ketones (excluding diaryl/α,β-unsaturated/α-hetero) is 1. The largest absolute Gasteiger partial charge is 0.496 e. The second-order valence-corrected chi connectivity index (χ2v) is 8.02. The van der Waals surface area contributed by atoms with Gasteiger partial charge in [0.1, 0.15) is 5.75 Å². The molecule has 3 N–H and O–H groups in total. The summed E-state index contributed by atoms with van der Waals surface area (Å²) in [5, 5.41) is 9.29. The molecule has 1 aromatic carbocycles. The van der Waals surface area contributed by atoms with E-state index in [1.165, 1.54) is 5.56 Å². The molecule has 0 aliphatic carbocycles. The minimum atomic E-state index is -0.590. The summed E-state index contributed by atoms with van der Waals surface area (Å²) in [4.78, 5) is 12.6. The van der Waals surface area contributed by atoms with Crippen molar-refractivity contribution < 1.29 is 14.6 Å². The fourth-order valence-corrected chi connectivity index (χ4v) is 3.34. The Labute approximate surface area is 168 Å². The van der Waals surface area contributed by atoms with Crippen LogP contribution in [0.15, 0.2) is 30.3 Å². The number of aryl methyl sites for hydroxylation is 3. The summed E-state index contributed by atoms with van der Waals surface area (Å²) >= 11 is 0. The van der Waals surface area contributed by atoms with E-state index >= 15 is 0 Å². The molecule has 1 unspecified atom stereocenters. The molecule has 5 heteroatoms. The van der Waals surface area contributed by atoms with Gasteiger partial charge in [0.15, 0.2) is 5.78 Å². The maximum atomic E-state index is 12.6. The molecular weight excluding hydrogens is 352 g/mol. The number of benzene rings is 1. The standard InChI is InChI=1S/C23H34N2O3/c1-17-9-10-18(15-22(17)28-4)7-5-6-8-21(27)20-12-11-19(25(20)3)13-14-23(2,24)16-26/h9-12,15,26H,5-8,13-14,16,24H2,1-4H3. The molecule has 0 saturated heterocycles. The van der Waals surface area contributed by atoms with Gasteiger partial charge in [-0.25, -0.2) is 0 Å². The normalized spacial score (nSPS) is 13.4. The minimum Gasteiger partial charge on any atom is -0.496 e. The van der Waals surface area contributed by atoms with Gasteiger partial charge >= 0.3 is 0 Å². The monoisotopic (exact) mass is 386 g/mol. The fourth-order valence-electron chi connectivity index (χ4n) is 3.34. The van der Waals surface area contributed by atoms with Gasteiger partial charge in [-0.05, 0) is 75.3 Å². The summed E-state index contributed by atoms with van der Waals surface area (Å²) < 4.78 is 7.33. The number of carbonyl (C=O) groups excluding carboxylic acids is 1. The first-order valence-electron chi connectivity index (χ1n) is 9.98. The van der Waals surface area contributed by atoms with E-state index in [4.69, 9.17) is 10.5 Å². The molecular formula is C23H34N2O3. The number of hydrogen-bond donors (Lipinski definition) is 2. The zero-order chi connectivity index (χ0) is 20.7. The molecule has 0 amide bonds. The van der Waals surface area contributed by atoms with E-state index < -0.39 is 5.54 Å². The highest BCUT2D eigenvalue weighted by Crippen LogP contribution is 2.21. The van der Waals surface area contributed by atoms with Crippen molar-refractivity contribution in [1.29, 1.82) is 0 Å². The first kappa shape index (κ1) is 22.2. The van der Waals surface area contributed by atoms with Crippen LogP contribution < -0.4 is 10.5 Å². The quantitative estimate of drug-likeness (QED) is 0.457. The predicted molar refractivity (Wildman–Crippen MR) is 113 cm³/mol. The van der Waals surface area contributed by atoms with Crippen molar-refractivity contribution in [2.24, 2.45) is 12.8 Å². The molecule has 154 valence electrons. The third-order valence-corrected chi connectivity index (χ3v) is 5.42. The molecule has 1 atom stereocenters. The molecule has 1 aromatic heterocycles. The predicted octanol–water partition coefficient (Wildman–Crippen LogP) is 3.58. The van der Waals surface area contributed by atoms with Crippen LogP contribution in [0.2, 0.25) is 0 Å². The topological polar surface area (TPSA) is 77.5 Å². The van der Waals surface area contributed by atoms with E-state index in [1.54, 1.807) is 7.11 Å². The van der Waals surface area contributed by atoms with Gasteiger partial charge in [0.2, 0.25) is 0 Å². The van der Waals surface area contributed by atoms with E-state index in [1.807, 2.05) is 37.6 Å². The molecule has 0 bridgehead atoms. The zero-order valence-corrected chi connectivity index (χ0v) is 17.6. The summed E-state index contributed by atoms with van der Waals surface area (Å²) in [5.41, 5.74) is 9.60. The maximum Gasteiger partial charge on any atom is 0.179 e. The van der Waals surface area contributed by atoms with Crippen LogP contribution >= 0.6 is 0 Å². The van der Waals surface area contributed by atoms with Gasteiger partial charge < -0.3 is 20.1 Å². The van der Waals surface area contributed by atoms with Gasteiger partial charge in [0.05, 0.1) is 19.4 Å². The lowest BCUT2D eigenvalue weighted by Gasteiger charge is -2.21. The Bertz CT molecular complexity index is 793. The van der Waals surface area contributed by atoms with Crippen LogP contribution in [0.25, 0.3) is 0 Å². The lowest BCUT2D eigenvalue weighted by Crippen LogP contribution is -2.40. The number of nitrogens with two attached hydrogens (primary N) is 1. The third-order valence-electron chi connectivity index (χ3n) is 5.42. The second-order valence-electron chi connectivity index (χ2n) is 8.02. The van der Waals surface area contributed by atoms with E-state index in [9.17, 15) is 9.90 Å². The van der Waals surface area contributed by atoms with Crippen LogP contribution in [0.3, 0.4) is 0 Å². The Balaban J connectivity index is 1.83. The Kier molecular flexibility index (Phi) is 7.84. The Hall–Kier alpha value is -2.11. The number of aliphatic hydroxyl groups excluding tert-OH is 1. The zero-order valence-electron chi connectivity index (χ0n) is 17.6. The van der Waals surface area contributed by atoms with Gasteiger partial charge in [0, 0.05) is 24.7 Å². The van der Waals surface area contributed by atoms with E-state index in [-0.39, 0.29) is 12.4 Å². The number of methoxy groups -OCH3 is 1. The smallest absolute Gasteiger partial charge is 0.179 e. The van der Waals surface area contributed by atoms with Gasteiger partial charge in [-0.2, -0.15) is 0 Å². The van der Waals surface area contributed by atoms with Crippen molar-refractivity contribution >= 4 is 5.78 Å². The molecule has 1 heterocycles. The van der Waals surface area contributed by atoms with Crippen LogP contribution in [0.1, 0.15) is 59.9 Å². The summed E-state index contributed by atoms with van der Waals surface area (Å²) in [6.07, 6.45) is 4.74. The molecule has 0 saturated carbocycles. The van der Waals surface area contributed by atoms with Crippen molar-refractivity contribution in [2.75, 3.05) is 13.7 Å². The van der Waals surface area contributed by atoms with E-state index in [0.29, 0.717) is 12.8 Å². The first-order valence-corrected chi connectivity index (χ1v) is 9.98. The number of nitrogens with zero attached hydrogens (tertiary/aromatic N) is 1. The lowest BCUT2D eigenvalue weighted by molar-refractivity contribution is 0.0971. The summed E-state index contributed by atoms with van der Waals surface area (Å²) in [6, 6.07) is 10.2. The Morgan fingerprint density at radius 1 is 1.21 bits per heavy atom. The number of rotatable bonds is 11. The Morgan fingerprint density at radius 3 is 2.64 bits per heavy atom. The Morgan fingerprint density at radius 2 is 1.96 bits per heavy atom. The van der Waals surface area contributed by atoms with Crippen LogP contribution in [0.4, 0.5) is 0 Å². The summed E-state index contributed by atoms with van der Waals surface area (Å²) in [5.74, 6) is 1.09. The second kappa shape index (κ2) is 9.89. The molecule has 5 nitrogen and oxygen atoms in total. The van der Waals surface area contributed by atoms with Crippen molar-refractivity contribution in [2.45, 2.75) is 57.9 Å². The highest BCUT2D eigenvalue weighted by Gasteiger charge is 2.19.